The lowest BCUT2D eigenvalue weighted by atomic mass is 9.51. The van der Waals surface area contributed by atoms with Crippen LogP contribution in [0, 0.1) is 5.82 Å². The lowest BCUT2D eigenvalue weighted by molar-refractivity contribution is -0.0139. The van der Waals surface area contributed by atoms with Gasteiger partial charge < -0.3 is 14.2 Å². The molecule has 5 heteroatoms. The zero-order valence-electron chi connectivity index (χ0n) is 18.1. The number of piperidine rings is 1. The van der Waals surface area contributed by atoms with Crippen molar-refractivity contribution >= 4 is 0 Å². The lowest BCUT2D eigenvalue weighted by Crippen LogP contribution is -2.65. The first-order valence-electron chi connectivity index (χ1n) is 10.9. The molecular formula is C26H26FNO3. The molecule has 4 nitrogen and oxygen atoms in total. The van der Waals surface area contributed by atoms with Gasteiger partial charge in [0.1, 0.15) is 11.6 Å². The second kappa shape index (κ2) is 6.36. The Kier molecular flexibility index (Phi) is 3.89. The summed E-state index contributed by atoms with van der Waals surface area (Å²) in [4.78, 5) is 2.43. The normalized spacial score (nSPS) is 30.1. The smallest absolute Gasteiger partial charge is 0.183 e. The summed E-state index contributed by atoms with van der Waals surface area (Å²) in [6.45, 7) is 0.942. The molecule has 6 rings (SSSR count). The van der Waals surface area contributed by atoms with Crippen LogP contribution in [0.15, 0.2) is 59.9 Å². The van der Waals surface area contributed by atoms with E-state index in [2.05, 4.69) is 24.1 Å². The molecule has 0 aromatic heterocycles. The fourth-order valence-corrected chi connectivity index (χ4v) is 6.54. The topological polar surface area (TPSA) is 30.9 Å². The van der Waals surface area contributed by atoms with Crippen LogP contribution in [0.3, 0.4) is 0 Å². The van der Waals surface area contributed by atoms with E-state index < -0.39 is 11.0 Å². The molecule has 2 aliphatic carbocycles. The Morgan fingerprint density at radius 3 is 2.74 bits per heavy atom. The molecule has 1 saturated heterocycles. The number of rotatable bonds is 4. The van der Waals surface area contributed by atoms with E-state index in [-0.39, 0.29) is 5.82 Å². The van der Waals surface area contributed by atoms with Crippen LogP contribution in [0.1, 0.15) is 23.1 Å². The molecule has 4 aliphatic rings. The minimum Gasteiger partial charge on any atom is -0.497 e. The Morgan fingerprint density at radius 2 is 1.97 bits per heavy atom. The highest BCUT2D eigenvalue weighted by molar-refractivity contribution is 5.70. The molecule has 2 bridgehead atoms. The summed E-state index contributed by atoms with van der Waals surface area (Å²) >= 11 is 0. The van der Waals surface area contributed by atoms with Crippen molar-refractivity contribution in [3.63, 3.8) is 0 Å². The van der Waals surface area contributed by atoms with E-state index in [1.54, 1.807) is 20.3 Å². The van der Waals surface area contributed by atoms with Crippen molar-refractivity contribution in [3.05, 3.63) is 82.4 Å². The average Bonchev–Trinajstić information content (AvgIpc) is 3.08. The van der Waals surface area contributed by atoms with Crippen LogP contribution >= 0.6 is 0 Å². The third-order valence-corrected chi connectivity index (χ3v) is 7.89. The van der Waals surface area contributed by atoms with Gasteiger partial charge in [-0.1, -0.05) is 30.3 Å². The lowest BCUT2D eigenvalue weighted by Gasteiger charge is -2.57. The number of likely N-dealkylation sites (N-methyl/N-ethyl adjacent to an activating group) is 1. The van der Waals surface area contributed by atoms with Gasteiger partial charge in [-0.3, -0.25) is 4.90 Å². The molecule has 1 spiro atoms. The molecule has 1 fully saturated rings. The van der Waals surface area contributed by atoms with Crippen molar-refractivity contribution in [2.24, 2.45) is 0 Å². The van der Waals surface area contributed by atoms with Crippen molar-refractivity contribution in [1.82, 2.24) is 4.90 Å². The van der Waals surface area contributed by atoms with Gasteiger partial charge in [-0.2, -0.15) is 0 Å². The minimum atomic E-state index is -0.848. The van der Waals surface area contributed by atoms with Gasteiger partial charge in [0.2, 0.25) is 0 Å². The first kappa shape index (κ1) is 18.9. The molecule has 160 valence electrons. The second-order valence-corrected chi connectivity index (χ2v) is 9.04. The number of hydrogen-bond donors (Lipinski definition) is 0. The third-order valence-electron chi connectivity index (χ3n) is 7.89. The van der Waals surface area contributed by atoms with Gasteiger partial charge in [0.05, 0.1) is 19.6 Å². The van der Waals surface area contributed by atoms with Crippen LogP contribution in [0.2, 0.25) is 0 Å². The summed E-state index contributed by atoms with van der Waals surface area (Å²) in [5, 5.41) is 0. The highest BCUT2D eigenvalue weighted by atomic mass is 19.1. The zero-order chi connectivity index (χ0) is 21.4. The molecule has 3 atom stereocenters. The van der Waals surface area contributed by atoms with E-state index >= 15 is 0 Å². The van der Waals surface area contributed by atoms with Crippen LogP contribution in [0.4, 0.5) is 4.39 Å². The molecule has 0 unspecified atom stereocenters. The maximum absolute atomic E-state index is 14.9. The van der Waals surface area contributed by atoms with Crippen molar-refractivity contribution in [2.75, 3.05) is 27.8 Å². The molecule has 2 aromatic carbocycles. The second-order valence-electron chi connectivity index (χ2n) is 9.04. The van der Waals surface area contributed by atoms with Crippen molar-refractivity contribution in [1.29, 1.82) is 0 Å². The first-order chi connectivity index (χ1) is 15.1. The monoisotopic (exact) mass is 419 g/mol. The van der Waals surface area contributed by atoms with Crippen molar-refractivity contribution in [3.8, 4) is 11.5 Å². The van der Waals surface area contributed by atoms with Gasteiger partial charge in [0, 0.05) is 18.0 Å². The van der Waals surface area contributed by atoms with E-state index in [1.165, 1.54) is 22.8 Å². The number of nitrogens with zero attached hydrogens (tertiary/aromatic N) is 1. The van der Waals surface area contributed by atoms with Gasteiger partial charge in [0.15, 0.2) is 17.1 Å². The molecule has 2 aromatic rings. The molecule has 0 saturated carbocycles. The van der Waals surface area contributed by atoms with Crippen LogP contribution in [0.5, 0.6) is 11.5 Å². The Morgan fingerprint density at radius 1 is 1.13 bits per heavy atom. The summed E-state index contributed by atoms with van der Waals surface area (Å²) in [6.07, 6.45) is 6.47. The minimum absolute atomic E-state index is 0.216. The number of halogens is 1. The van der Waals surface area contributed by atoms with E-state index in [1.807, 2.05) is 24.3 Å². The van der Waals surface area contributed by atoms with E-state index in [4.69, 9.17) is 14.2 Å². The third kappa shape index (κ3) is 2.17. The molecule has 0 radical (unpaired) electrons. The fourth-order valence-electron chi connectivity index (χ4n) is 6.54. The largest absolute Gasteiger partial charge is 0.497 e. The van der Waals surface area contributed by atoms with Crippen molar-refractivity contribution in [2.45, 2.75) is 36.3 Å². The predicted octanol–water partition coefficient (Wildman–Crippen LogP) is 4.18. The average molecular weight is 419 g/mol. The van der Waals surface area contributed by atoms with E-state index in [0.717, 1.165) is 36.6 Å². The van der Waals surface area contributed by atoms with Gasteiger partial charge in [-0.15, -0.1) is 0 Å². The summed E-state index contributed by atoms with van der Waals surface area (Å²) < 4.78 is 33.6. The molecule has 0 amide bonds. The summed E-state index contributed by atoms with van der Waals surface area (Å²) in [5.74, 6) is 2.04. The quantitative estimate of drug-likeness (QED) is 0.744. The Bertz CT molecular complexity index is 1160. The maximum Gasteiger partial charge on any atom is 0.183 e. The van der Waals surface area contributed by atoms with Crippen LogP contribution < -0.4 is 9.47 Å². The van der Waals surface area contributed by atoms with Crippen molar-refractivity contribution < 1.29 is 18.6 Å². The fraction of sp³-hybridized carbons (Fsp3) is 0.385. The van der Waals surface area contributed by atoms with Crippen LogP contribution in [-0.4, -0.2) is 44.4 Å². The van der Waals surface area contributed by atoms with E-state index in [9.17, 15) is 4.39 Å². The SMILES string of the molecule is COC1=CC=C2[C@H]3Cc4ccc(OC)c5c4[C@@]2(CCN3C)[C@@]1(Cc1ccccc1F)O5. The highest BCUT2D eigenvalue weighted by Crippen LogP contribution is 2.67. The molecule has 2 heterocycles. The van der Waals surface area contributed by atoms with Gasteiger partial charge in [0.25, 0.3) is 0 Å². The standard InChI is InChI=1S/C26H26FNO3/c1-28-13-12-25-18-9-11-22(30-3)26(25,15-17-6-4-5-7-19(17)27)31-24-21(29-2)10-8-16(23(24)25)14-20(18)28/h4-11,20H,12-15H2,1-3H3/t20-,25+,26+/m1/s1. The molecular weight excluding hydrogens is 393 g/mol. The number of hydrogen-bond acceptors (Lipinski definition) is 4. The maximum atomic E-state index is 14.9. The van der Waals surface area contributed by atoms with Gasteiger partial charge in [-0.25, -0.2) is 4.39 Å². The molecule has 0 N–H and O–H groups in total. The Labute approximate surface area is 181 Å². The van der Waals surface area contributed by atoms with Gasteiger partial charge in [-0.05, 0) is 61.3 Å². The highest BCUT2D eigenvalue weighted by Gasteiger charge is 2.70. The Hall–Kier alpha value is -2.79. The number of allylic oxidation sites excluding steroid dienone is 2. The predicted molar refractivity (Wildman–Crippen MR) is 116 cm³/mol. The van der Waals surface area contributed by atoms with Gasteiger partial charge >= 0.3 is 0 Å². The first-order valence-corrected chi connectivity index (χ1v) is 10.9. The van der Waals surface area contributed by atoms with E-state index in [0.29, 0.717) is 18.0 Å². The van der Waals surface area contributed by atoms with Crippen LogP contribution in [0.25, 0.3) is 0 Å². The number of methoxy groups -OCH3 is 2. The van der Waals surface area contributed by atoms with Crippen LogP contribution in [-0.2, 0) is 23.0 Å². The summed E-state index contributed by atoms with van der Waals surface area (Å²) in [5.41, 5.74) is 3.23. The Balaban J connectivity index is 1.67. The number of ether oxygens (including phenoxy) is 3. The zero-order valence-corrected chi connectivity index (χ0v) is 18.1. The number of benzene rings is 2. The summed E-state index contributed by atoms with van der Waals surface area (Å²) in [6, 6.07) is 11.5. The number of likely N-dealkylation sites (tertiary alicyclic amines) is 1. The molecule has 2 aliphatic heterocycles. The summed E-state index contributed by atoms with van der Waals surface area (Å²) in [7, 11) is 5.55. The molecule has 31 heavy (non-hydrogen) atoms.